The Kier molecular flexibility index (Phi) is 5.64. The monoisotopic (exact) mass is 282 g/mol. The largest absolute Gasteiger partial charge is 0.493 e. The van der Waals surface area contributed by atoms with Gasteiger partial charge in [0.15, 0.2) is 0 Å². The number of sulfonamides is 1. The fraction of sp³-hybridized carbons (Fsp3) is 0.462. The number of nitrogens with zero attached hydrogens (tertiary/aromatic N) is 1. The van der Waals surface area contributed by atoms with Gasteiger partial charge in [0.2, 0.25) is 10.0 Å². The van der Waals surface area contributed by atoms with Crippen molar-refractivity contribution in [3.05, 3.63) is 24.3 Å². The normalized spacial score (nSPS) is 11.1. The van der Waals surface area contributed by atoms with Gasteiger partial charge in [-0.15, -0.1) is 0 Å². The molecule has 0 bridgehead atoms. The van der Waals surface area contributed by atoms with Crippen molar-refractivity contribution in [3.8, 4) is 11.8 Å². The quantitative estimate of drug-likeness (QED) is 0.779. The lowest BCUT2D eigenvalue weighted by Crippen LogP contribution is -2.22. The Hall–Kier alpha value is -1.74. The van der Waals surface area contributed by atoms with Gasteiger partial charge in [0, 0.05) is 12.5 Å². The van der Waals surface area contributed by atoms with Crippen molar-refractivity contribution in [2.75, 3.05) is 11.3 Å². The average molecular weight is 282 g/mol. The fourth-order valence-corrected chi connectivity index (χ4v) is 1.96. The summed E-state index contributed by atoms with van der Waals surface area (Å²) in [5.41, 5.74) is 0.478. The van der Waals surface area contributed by atoms with Crippen molar-refractivity contribution >= 4 is 15.7 Å². The van der Waals surface area contributed by atoms with E-state index in [2.05, 4.69) is 4.72 Å². The summed E-state index contributed by atoms with van der Waals surface area (Å²) in [6.45, 7) is 3.67. The number of nitriles is 1. The van der Waals surface area contributed by atoms with Crippen LogP contribution in [0.5, 0.6) is 5.75 Å². The second-order valence-electron chi connectivity index (χ2n) is 4.33. The van der Waals surface area contributed by atoms with Crippen molar-refractivity contribution in [3.63, 3.8) is 0 Å². The molecule has 0 atom stereocenters. The molecule has 0 spiro atoms. The summed E-state index contributed by atoms with van der Waals surface area (Å²) < 4.78 is 31.4. The number of nitrogens with one attached hydrogen (secondary N) is 1. The average Bonchev–Trinajstić information content (AvgIpc) is 2.34. The first-order chi connectivity index (χ1) is 8.95. The first-order valence-corrected chi connectivity index (χ1v) is 7.62. The van der Waals surface area contributed by atoms with Crippen LogP contribution in [0.3, 0.4) is 0 Å². The maximum absolute atomic E-state index is 11.7. The smallest absolute Gasteiger partial charge is 0.235 e. The molecule has 0 aliphatic carbocycles. The van der Waals surface area contributed by atoms with E-state index in [1.165, 1.54) is 0 Å². The summed E-state index contributed by atoms with van der Waals surface area (Å²) in [5.74, 6) is 0.585. The first-order valence-electron chi connectivity index (χ1n) is 6.07. The Morgan fingerprint density at radius 3 is 2.79 bits per heavy atom. The van der Waals surface area contributed by atoms with E-state index in [9.17, 15) is 8.42 Å². The van der Waals surface area contributed by atoms with Crippen molar-refractivity contribution in [1.82, 2.24) is 0 Å². The van der Waals surface area contributed by atoms with E-state index >= 15 is 0 Å². The molecule has 6 heteroatoms. The predicted molar refractivity (Wildman–Crippen MR) is 74.5 cm³/mol. The molecule has 0 amide bonds. The number of unbranched alkanes of at least 4 members (excludes halogenated alkanes) is 1. The molecule has 1 rings (SSSR count). The Morgan fingerprint density at radius 2 is 2.16 bits per heavy atom. The van der Waals surface area contributed by atoms with Crippen molar-refractivity contribution in [1.29, 1.82) is 5.26 Å². The van der Waals surface area contributed by atoms with Crippen LogP contribution < -0.4 is 9.46 Å². The van der Waals surface area contributed by atoms with Crippen molar-refractivity contribution < 1.29 is 13.2 Å². The number of hydrogen-bond donors (Lipinski definition) is 1. The molecule has 1 N–H and O–H groups in total. The highest BCUT2D eigenvalue weighted by molar-refractivity contribution is 7.93. The first kappa shape index (κ1) is 15.3. The summed E-state index contributed by atoms with van der Waals surface area (Å²) in [5, 5.41) is 7.91. The van der Waals surface area contributed by atoms with Crippen LogP contribution >= 0.6 is 0 Å². The van der Waals surface area contributed by atoms with E-state index in [1.54, 1.807) is 38.1 Å². The van der Waals surface area contributed by atoms with Crippen LogP contribution in [0, 0.1) is 11.3 Å². The number of hydrogen-bond acceptors (Lipinski definition) is 4. The molecule has 0 aliphatic heterocycles. The molecule has 0 fully saturated rings. The Morgan fingerprint density at radius 1 is 1.42 bits per heavy atom. The van der Waals surface area contributed by atoms with E-state index in [0.717, 1.165) is 0 Å². The summed E-state index contributed by atoms with van der Waals surface area (Å²) in [7, 11) is -3.35. The predicted octanol–water partition coefficient (Wildman–Crippen LogP) is 2.52. The zero-order valence-corrected chi connectivity index (χ0v) is 11.9. The van der Waals surface area contributed by atoms with Crippen molar-refractivity contribution in [2.24, 2.45) is 0 Å². The highest BCUT2D eigenvalue weighted by atomic mass is 32.2. The Balaban J connectivity index is 2.65. The highest BCUT2D eigenvalue weighted by Crippen LogP contribution is 2.19. The molecule has 0 saturated carbocycles. The van der Waals surface area contributed by atoms with Gasteiger partial charge < -0.3 is 4.74 Å². The van der Waals surface area contributed by atoms with Gasteiger partial charge in [0.25, 0.3) is 0 Å². The van der Waals surface area contributed by atoms with Gasteiger partial charge in [-0.1, -0.05) is 6.07 Å². The van der Waals surface area contributed by atoms with Crippen molar-refractivity contribution in [2.45, 2.75) is 31.9 Å². The second-order valence-corrected chi connectivity index (χ2v) is 6.57. The van der Waals surface area contributed by atoms with Gasteiger partial charge in [-0.2, -0.15) is 5.26 Å². The van der Waals surface area contributed by atoms with Crippen LogP contribution in [0.1, 0.15) is 26.7 Å². The summed E-state index contributed by atoms with van der Waals surface area (Å²) in [6.07, 6.45) is 1.10. The third kappa shape index (κ3) is 5.18. The van der Waals surface area contributed by atoms with E-state index < -0.39 is 15.3 Å². The zero-order valence-electron chi connectivity index (χ0n) is 11.1. The van der Waals surface area contributed by atoms with Crippen LogP contribution in [0.25, 0.3) is 0 Å². The minimum Gasteiger partial charge on any atom is -0.493 e. The molecular weight excluding hydrogens is 264 g/mol. The third-order valence-electron chi connectivity index (χ3n) is 2.42. The minimum atomic E-state index is -3.35. The van der Waals surface area contributed by atoms with Gasteiger partial charge in [-0.25, -0.2) is 8.42 Å². The van der Waals surface area contributed by atoms with Gasteiger partial charge in [-0.05, 0) is 32.4 Å². The summed E-state index contributed by atoms with van der Waals surface area (Å²) >= 11 is 0. The Labute approximate surface area is 114 Å². The van der Waals surface area contributed by atoms with Gasteiger partial charge in [0.05, 0.1) is 23.6 Å². The number of benzene rings is 1. The standard InChI is InChI=1S/C13H18N2O3S/c1-11(2)19(16,17)15-12-6-5-7-13(10-12)18-9-4-3-8-14/h5-7,10-11,15H,3-4,9H2,1-2H3. The van der Waals surface area contributed by atoms with Crippen LogP contribution in [0.4, 0.5) is 5.69 Å². The fourth-order valence-electron chi connectivity index (χ4n) is 1.27. The van der Waals surface area contributed by atoms with Gasteiger partial charge in [-0.3, -0.25) is 4.72 Å². The lowest BCUT2D eigenvalue weighted by Gasteiger charge is -2.12. The van der Waals surface area contributed by atoms with E-state index in [0.29, 0.717) is 30.9 Å². The zero-order chi connectivity index (χ0) is 14.3. The maximum Gasteiger partial charge on any atom is 0.235 e. The molecule has 1 aromatic rings. The van der Waals surface area contributed by atoms with E-state index in [1.807, 2.05) is 6.07 Å². The topological polar surface area (TPSA) is 79.2 Å². The molecule has 0 radical (unpaired) electrons. The SMILES string of the molecule is CC(C)S(=O)(=O)Nc1cccc(OCCCC#N)c1. The summed E-state index contributed by atoms with van der Waals surface area (Å²) in [4.78, 5) is 0. The molecule has 1 aromatic carbocycles. The number of rotatable bonds is 7. The molecule has 19 heavy (non-hydrogen) atoms. The molecule has 0 unspecified atom stereocenters. The lowest BCUT2D eigenvalue weighted by atomic mass is 10.3. The number of anilines is 1. The van der Waals surface area contributed by atoms with Crippen LogP contribution in [0.15, 0.2) is 24.3 Å². The lowest BCUT2D eigenvalue weighted by molar-refractivity contribution is 0.313. The number of ether oxygens (including phenoxy) is 1. The minimum absolute atomic E-state index is 0.438. The molecule has 0 aliphatic rings. The van der Waals surface area contributed by atoms with Crippen LogP contribution in [-0.2, 0) is 10.0 Å². The maximum atomic E-state index is 11.7. The molecule has 0 saturated heterocycles. The molecule has 104 valence electrons. The van der Waals surface area contributed by atoms with Crippen LogP contribution in [-0.4, -0.2) is 20.3 Å². The van der Waals surface area contributed by atoms with Gasteiger partial charge >= 0.3 is 0 Å². The van der Waals surface area contributed by atoms with Crippen LogP contribution in [0.2, 0.25) is 0 Å². The molecular formula is C13H18N2O3S. The highest BCUT2D eigenvalue weighted by Gasteiger charge is 2.15. The van der Waals surface area contributed by atoms with E-state index in [4.69, 9.17) is 10.00 Å². The van der Waals surface area contributed by atoms with E-state index in [-0.39, 0.29) is 0 Å². The second kappa shape index (κ2) is 7.00. The Bertz CT molecular complexity index is 547. The third-order valence-corrected chi connectivity index (χ3v) is 4.18. The molecule has 0 aromatic heterocycles. The molecule has 5 nitrogen and oxygen atoms in total. The van der Waals surface area contributed by atoms with Gasteiger partial charge in [0.1, 0.15) is 5.75 Å². The molecule has 0 heterocycles. The summed E-state index contributed by atoms with van der Waals surface area (Å²) in [6, 6.07) is 8.81.